The van der Waals surface area contributed by atoms with Crippen LogP contribution >= 0.6 is 11.6 Å². The van der Waals surface area contributed by atoms with Crippen molar-refractivity contribution < 1.29 is 13.9 Å². The Kier molecular flexibility index (Phi) is 8.58. The van der Waals surface area contributed by atoms with E-state index in [1.165, 1.54) is 12.1 Å². The minimum absolute atomic E-state index is 0.0814. The molecule has 3 aromatic carbocycles. The molecule has 6 nitrogen and oxygen atoms in total. The van der Waals surface area contributed by atoms with Crippen LogP contribution in [0.1, 0.15) is 34.6 Å². The first-order valence-electron chi connectivity index (χ1n) is 13.1. The van der Waals surface area contributed by atoms with Gasteiger partial charge < -0.3 is 14.6 Å². The van der Waals surface area contributed by atoms with Gasteiger partial charge in [-0.2, -0.15) is 5.26 Å². The highest BCUT2D eigenvalue weighted by Crippen LogP contribution is 2.39. The molecule has 1 saturated heterocycles. The van der Waals surface area contributed by atoms with E-state index in [1.807, 2.05) is 30.3 Å². The number of carbonyl (C=O) groups excluding carboxylic acids is 1. The molecule has 1 atom stereocenters. The van der Waals surface area contributed by atoms with Gasteiger partial charge >= 0.3 is 0 Å². The molecule has 0 bridgehead atoms. The summed E-state index contributed by atoms with van der Waals surface area (Å²) in [7, 11) is 0. The number of morpholine rings is 1. The third-order valence-corrected chi connectivity index (χ3v) is 7.65. The summed E-state index contributed by atoms with van der Waals surface area (Å²) >= 11 is 6.73. The molecule has 200 valence electrons. The Morgan fingerprint density at radius 2 is 1.82 bits per heavy atom. The van der Waals surface area contributed by atoms with Gasteiger partial charge in [0.15, 0.2) is 0 Å². The summed E-state index contributed by atoms with van der Waals surface area (Å²) in [5.41, 5.74) is 4.03. The van der Waals surface area contributed by atoms with Crippen LogP contribution in [0.25, 0.3) is 10.9 Å². The fourth-order valence-corrected chi connectivity index (χ4v) is 5.50. The number of nitrogens with zero attached hydrogens (tertiary/aromatic N) is 3. The molecule has 1 aromatic heterocycles. The minimum Gasteiger partial charge on any atom is -0.379 e. The van der Waals surface area contributed by atoms with E-state index in [9.17, 15) is 14.4 Å². The van der Waals surface area contributed by atoms with Gasteiger partial charge in [0, 0.05) is 62.2 Å². The molecule has 0 aliphatic carbocycles. The van der Waals surface area contributed by atoms with E-state index in [2.05, 4.69) is 27.0 Å². The second kappa shape index (κ2) is 12.4. The number of hydrogen-bond acceptors (Lipinski definition) is 4. The normalized spacial score (nSPS) is 14.7. The van der Waals surface area contributed by atoms with Crippen molar-refractivity contribution in [3.05, 3.63) is 106 Å². The van der Waals surface area contributed by atoms with E-state index in [0.717, 1.165) is 47.2 Å². The number of halogens is 2. The van der Waals surface area contributed by atoms with Crippen molar-refractivity contribution in [3.8, 4) is 6.07 Å². The summed E-state index contributed by atoms with van der Waals surface area (Å²) in [5.74, 6) is -0.723. The lowest BCUT2D eigenvalue weighted by Crippen LogP contribution is -2.41. The molecular weight excluding hydrogens is 515 g/mol. The van der Waals surface area contributed by atoms with E-state index >= 15 is 0 Å². The third-order valence-electron chi connectivity index (χ3n) is 7.23. The molecule has 1 aliphatic heterocycles. The van der Waals surface area contributed by atoms with Crippen molar-refractivity contribution in [3.63, 3.8) is 0 Å². The first kappa shape index (κ1) is 26.9. The maximum Gasteiger partial charge on any atom is 0.220 e. The standard InChI is InChI=1S/C31H30ClFN4O2/c32-31-23(19-34)4-3-6-26(31)27(18-30(38)35-12-13-36-14-16-39-17-15-36)28-21-37(29-7-2-1-5-25(28)29)20-22-8-10-24(33)11-9-22/h1-11,21,27H,12-18,20H2,(H,35,38). The molecule has 39 heavy (non-hydrogen) atoms. The Balaban J connectivity index is 1.47. The lowest BCUT2D eigenvalue weighted by atomic mass is 9.87. The molecule has 4 aromatic rings. The van der Waals surface area contributed by atoms with Crippen LogP contribution in [0.15, 0.2) is 72.9 Å². The van der Waals surface area contributed by atoms with Crippen molar-refractivity contribution >= 4 is 28.4 Å². The maximum atomic E-state index is 13.5. The number of benzene rings is 3. The maximum absolute atomic E-state index is 13.5. The van der Waals surface area contributed by atoms with E-state index in [4.69, 9.17) is 16.3 Å². The Morgan fingerprint density at radius 3 is 2.59 bits per heavy atom. The van der Waals surface area contributed by atoms with Crippen molar-refractivity contribution in [2.75, 3.05) is 39.4 Å². The summed E-state index contributed by atoms with van der Waals surface area (Å²) in [6, 6.07) is 22.0. The summed E-state index contributed by atoms with van der Waals surface area (Å²) in [6.07, 6.45) is 2.23. The third kappa shape index (κ3) is 6.31. The van der Waals surface area contributed by atoms with Gasteiger partial charge in [-0.05, 0) is 41.0 Å². The van der Waals surface area contributed by atoms with Crippen LogP contribution in [0.5, 0.6) is 0 Å². The Morgan fingerprint density at radius 1 is 1.05 bits per heavy atom. The van der Waals surface area contributed by atoms with Crippen LogP contribution in [0.2, 0.25) is 5.02 Å². The van der Waals surface area contributed by atoms with Gasteiger partial charge in [-0.25, -0.2) is 4.39 Å². The zero-order valence-electron chi connectivity index (χ0n) is 21.6. The SMILES string of the molecule is N#Cc1cccc(C(CC(=O)NCCN2CCOCC2)c2cn(Cc3ccc(F)cc3)c3ccccc23)c1Cl. The smallest absolute Gasteiger partial charge is 0.220 e. The average molecular weight is 545 g/mol. The van der Waals surface area contributed by atoms with Gasteiger partial charge in [-0.3, -0.25) is 9.69 Å². The number of nitriles is 1. The van der Waals surface area contributed by atoms with Crippen molar-refractivity contribution in [2.45, 2.75) is 18.9 Å². The number of carbonyl (C=O) groups is 1. The van der Waals surface area contributed by atoms with Crippen LogP contribution in [0, 0.1) is 17.1 Å². The van der Waals surface area contributed by atoms with Crippen LogP contribution in [-0.2, 0) is 16.1 Å². The molecule has 1 fully saturated rings. The molecule has 5 rings (SSSR count). The lowest BCUT2D eigenvalue weighted by molar-refractivity contribution is -0.121. The number of hydrogen-bond donors (Lipinski definition) is 1. The van der Waals surface area contributed by atoms with Crippen molar-refractivity contribution in [1.29, 1.82) is 5.26 Å². The number of ether oxygens (including phenoxy) is 1. The van der Waals surface area contributed by atoms with Gasteiger partial charge in [0.2, 0.25) is 5.91 Å². The molecule has 8 heteroatoms. The highest BCUT2D eigenvalue weighted by atomic mass is 35.5. The summed E-state index contributed by atoms with van der Waals surface area (Å²) in [6.45, 7) is 5.01. The van der Waals surface area contributed by atoms with Gasteiger partial charge in [0.25, 0.3) is 0 Å². The Labute approximate surface area is 232 Å². The molecule has 1 N–H and O–H groups in total. The topological polar surface area (TPSA) is 70.3 Å². The predicted molar refractivity (Wildman–Crippen MR) is 150 cm³/mol. The minimum atomic E-state index is -0.367. The predicted octanol–water partition coefficient (Wildman–Crippen LogP) is 5.32. The number of aromatic nitrogens is 1. The first-order valence-corrected chi connectivity index (χ1v) is 13.5. The largest absolute Gasteiger partial charge is 0.379 e. The van der Waals surface area contributed by atoms with Gasteiger partial charge in [-0.15, -0.1) is 0 Å². The molecule has 1 unspecified atom stereocenters. The zero-order valence-corrected chi connectivity index (χ0v) is 22.3. The second-order valence-corrected chi connectivity index (χ2v) is 10.1. The molecule has 0 saturated carbocycles. The molecular formula is C31H30ClFN4O2. The average Bonchev–Trinajstić information content (AvgIpc) is 3.32. The summed E-state index contributed by atoms with van der Waals surface area (Å²) in [5, 5.41) is 14.1. The van der Waals surface area contributed by atoms with E-state index in [-0.39, 0.29) is 24.1 Å². The molecule has 1 amide bonds. The Hall–Kier alpha value is -3.70. The number of amides is 1. The summed E-state index contributed by atoms with van der Waals surface area (Å²) in [4.78, 5) is 15.5. The highest BCUT2D eigenvalue weighted by molar-refractivity contribution is 6.32. The number of rotatable bonds is 9. The van der Waals surface area contributed by atoms with E-state index in [1.54, 1.807) is 24.3 Å². The van der Waals surface area contributed by atoms with Crippen LogP contribution in [-0.4, -0.2) is 54.8 Å². The number of nitrogens with one attached hydrogen (secondary N) is 1. The van der Waals surface area contributed by atoms with Crippen molar-refractivity contribution in [1.82, 2.24) is 14.8 Å². The molecule has 1 aliphatic rings. The first-order chi connectivity index (χ1) is 19.0. The molecule has 0 radical (unpaired) electrons. The fourth-order valence-electron chi connectivity index (χ4n) is 5.20. The van der Waals surface area contributed by atoms with Crippen LogP contribution in [0.4, 0.5) is 4.39 Å². The summed E-state index contributed by atoms with van der Waals surface area (Å²) < 4.78 is 21.0. The zero-order chi connectivity index (χ0) is 27.2. The lowest BCUT2D eigenvalue weighted by Gasteiger charge is -2.26. The fraction of sp³-hybridized carbons (Fsp3) is 0.290. The number of para-hydroxylation sites is 1. The highest BCUT2D eigenvalue weighted by Gasteiger charge is 2.26. The second-order valence-electron chi connectivity index (χ2n) is 9.74. The van der Waals surface area contributed by atoms with E-state index < -0.39 is 0 Å². The van der Waals surface area contributed by atoms with Gasteiger partial charge in [-0.1, -0.05) is 54.1 Å². The van der Waals surface area contributed by atoms with Gasteiger partial charge in [0.05, 0.1) is 23.8 Å². The monoisotopic (exact) mass is 544 g/mol. The van der Waals surface area contributed by atoms with Gasteiger partial charge in [0.1, 0.15) is 11.9 Å². The Bertz CT molecular complexity index is 1490. The van der Waals surface area contributed by atoms with Crippen LogP contribution in [0.3, 0.4) is 0 Å². The number of fused-ring (bicyclic) bond motifs is 1. The van der Waals surface area contributed by atoms with Crippen LogP contribution < -0.4 is 5.32 Å². The molecule has 2 heterocycles. The quantitative estimate of drug-likeness (QED) is 0.309. The van der Waals surface area contributed by atoms with E-state index in [0.29, 0.717) is 36.9 Å². The van der Waals surface area contributed by atoms with Crippen molar-refractivity contribution in [2.24, 2.45) is 0 Å². The molecule has 0 spiro atoms.